The van der Waals surface area contributed by atoms with Crippen LogP contribution in [0.15, 0.2) is 12.1 Å². The molecular formula is C13H15NO3. The lowest BCUT2D eigenvalue weighted by Gasteiger charge is -2.16. The Labute approximate surface area is 100 Å². The Morgan fingerprint density at radius 3 is 2.82 bits per heavy atom. The average Bonchev–Trinajstić information content (AvgIpc) is 2.92. The minimum Gasteiger partial charge on any atom is -0.497 e. The normalized spacial score (nSPS) is 21.4. The summed E-state index contributed by atoms with van der Waals surface area (Å²) >= 11 is 0. The average molecular weight is 233 g/mol. The molecule has 0 aliphatic carbocycles. The van der Waals surface area contributed by atoms with Crippen molar-refractivity contribution in [3.8, 4) is 11.5 Å². The second-order valence-electron chi connectivity index (χ2n) is 4.45. The molecule has 0 radical (unpaired) electrons. The zero-order chi connectivity index (χ0) is 12.0. The molecule has 1 atom stereocenters. The summed E-state index contributed by atoms with van der Waals surface area (Å²) in [6, 6.07) is 3.88. The first kappa shape index (κ1) is 10.4. The molecule has 0 spiro atoms. The number of rotatable bonds is 2. The summed E-state index contributed by atoms with van der Waals surface area (Å²) < 4.78 is 10.6. The highest BCUT2D eigenvalue weighted by molar-refractivity contribution is 6.00. The largest absolute Gasteiger partial charge is 0.497 e. The van der Waals surface area contributed by atoms with E-state index >= 15 is 0 Å². The maximum atomic E-state index is 12.2. The van der Waals surface area contributed by atoms with Crippen LogP contribution in [-0.4, -0.2) is 31.6 Å². The van der Waals surface area contributed by atoms with E-state index in [9.17, 15) is 4.79 Å². The number of hydrogen-bond acceptors (Lipinski definition) is 3. The molecule has 1 aromatic rings. The van der Waals surface area contributed by atoms with Crippen molar-refractivity contribution in [2.24, 2.45) is 0 Å². The van der Waals surface area contributed by atoms with Gasteiger partial charge in [-0.25, -0.2) is 0 Å². The molecule has 1 unspecified atom stereocenters. The Bertz CT molecular complexity index is 484. The number of ether oxygens (including phenoxy) is 2. The number of amides is 1. The van der Waals surface area contributed by atoms with E-state index in [0.29, 0.717) is 5.75 Å². The van der Waals surface area contributed by atoms with E-state index in [1.165, 1.54) is 0 Å². The minimum absolute atomic E-state index is 0.111. The zero-order valence-electron chi connectivity index (χ0n) is 10.0. The highest BCUT2D eigenvalue weighted by atomic mass is 16.5. The fourth-order valence-corrected chi connectivity index (χ4v) is 2.87. The summed E-state index contributed by atoms with van der Waals surface area (Å²) in [7, 11) is 3.23. The summed E-state index contributed by atoms with van der Waals surface area (Å²) in [6.07, 6.45) is 2.10. The van der Waals surface area contributed by atoms with E-state index < -0.39 is 0 Å². The molecule has 1 saturated heterocycles. The third-order valence-corrected chi connectivity index (χ3v) is 3.65. The predicted octanol–water partition coefficient (Wildman–Crippen LogP) is 1.99. The molecule has 0 bridgehead atoms. The van der Waals surface area contributed by atoms with Crippen LogP contribution in [0.3, 0.4) is 0 Å². The lowest BCUT2D eigenvalue weighted by molar-refractivity contribution is 0.0776. The van der Waals surface area contributed by atoms with Gasteiger partial charge in [0.1, 0.15) is 11.5 Å². The number of carbonyl (C=O) groups is 1. The Morgan fingerprint density at radius 2 is 2.12 bits per heavy atom. The molecule has 4 heteroatoms. The SMILES string of the molecule is COc1cc(OC)c2c(c1)C(=O)N1CCCC21. The number of carbonyl (C=O) groups excluding carboxylic acids is 1. The molecule has 17 heavy (non-hydrogen) atoms. The van der Waals surface area contributed by atoms with Gasteiger partial charge in [-0.05, 0) is 18.9 Å². The zero-order valence-corrected chi connectivity index (χ0v) is 10.0. The predicted molar refractivity (Wildman–Crippen MR) is 62.6 cm³/mol. The molecule has 0 aromatic heterocycles. The van der Waals surface area contributed by atoms with E-state index in [1.807, 2.05) is 17.0 Å². The van der Waals surface area contributed by atoms with Gasteiger partial charge in [0.25, 0.3) is 5.91 Å². The second kappa shape index (κ2) is 3.65. The number of fused-ring (bicyclic) bond motifs is 3. The van der Waals surface area contributed by atoms with Crippen molar-refractivity contribution in [2.75, 3.05) is 20.8 Å². The Balaban J connectivity index is 2.18. The molecule has 4 nitrogen and oxygen atoms in total. The van der Waals surface area contributed by atoms with E-state index in [2.05, 4.69) is 0 Å². The number of hydrogen-bond donors (Lipinski definition) is 0. The highest BCUT2D eigenvalue weighted by Crippen LogP contribution is 2.46. The van der Waals surface area contributed by atoms with Crippen LogP contribution in [0.2, 0.25) is 0 Å². The van der Waals surface area contributed by atoms with Gasteiger partial charge in [-0.15, -0.1) is 0 Å². The van der Waals surface area contributed by atoms with Gasteiger partial charge in [0, 0.05) is 18.2 Å². The van der Waals surface area contributed by atoms with Crippen LogP contribution < -0.4 is 9.47 Å². The maximum Gasteiger partial charge on any atom is 0.255 e. The van der Waals surface area contributed by atoms with Crippen LogP contribution in [0.1, 0.15) is 34.8 Å². The second-order valence-corrected chi connectivity index (χ2v) is 4.45. The van der Waals surface area contributed by atoms with E-state index in [1.54, 1.807) is 14.2 Å². The number of benzene rings is 1. The minimum atomic E-state index is 0.111. The van der Waals surface area contributed by atoms with Gasteiger partial charge in [-0.1, -0.05) is 0 Å². The monoisotopic (exact) mass is 233 g/mol. The summed E-state index contributed by atoms with van der Waals surface area (Å²) in [6.45, 7) is 0.851. The molecule has 1 aromatic carbocycles. The first-order valence-electron chi connectivity index (χ1n) is 5.83. The highest BCUT2D eigenvalue weighted by Gasteiger charge is 2.42. The molecule has 3 rings (SSSR count). The standard InChI is InChI=1S/C13H15NO3/c1-16-8-6-9-12(11(7-8)17-2)10-4-3-5-14(10)13(9)15/h6-7,10H,3-5H2,1-2H3. The molecule has 90 valence electrons. The Hall–Kier alpha value is -1.71. The number of nitrogens with zero attached hydrogens (tertiary/aromatic N) is 1. The molecule has 2 aliphatic rings. The van der Waals surface area contributed by atoms with Gasteiger partial charge >= 0.3 is 0 Å². The van der Waals surface area contributed by atoms with Gasteiger partial charge in [-0.2, -0.15) is 0 Å². The van der Waals surface area contributed by atoms with Crippen LogP contribution in [0.5, 0.6) is 11.5 Å². The summed E-state index contributed by atoms with van der Waals surface area (Å²) in [5.41, 5.74) is 1.78. The molecule has 2 heterocycles. The van der Waals surface area contributed by atoms with Crippen molar-refractivity contribution in [3.63, 3.8) is 0 Å². The van der Waals surface area contributed by atoms with Crippen molar-refractivity contribution >= 4 is 5.91 Å². The maximum absolute atomic E-state index is 12.2. The van der Waals surface area contributed by atoms with Gasteiger partial charge in [-0.3, -0.25) is 4.79 Å². The lowest BCUT2D eigenvalue weighted by Crippen LogP contribution is -2.22. The van der Waals surface area contributed by atoms with E-state index in [-0.39, 0.29) is 11.9 Å². The smallest absolute Gasteiger partial charge is 0.255 e. The molecule has 0 saturated carbocycles. The summed E-state index contributed by atoms with van der Waals surface area (Å²) in [5.74, 6) is 1.55. The Morgan fingerprint density at radius 1 is 1.29 bits per heavy atom. The summed E-state index contributed by atoms with van der Waals surface area (Å²) in [5, 5.41) is 0. The third kappa shape index (κ3) is 1.33. The van der Waals surface area contributed by atoms with Gasteiger partial charge < -0.3 is 14.4 Å². The first-order chi connectivity index (χ1) is 8.26. The first-order valence-corrected chi connectivity index (χ1v) is 5.83. The molecule has 1 amide bonds. The van der Waals surface area contributed by atoms with Crippen LogP contribution in [-0.2, 0) is 0 Å². The lowest BCUT2D eigenvalue weighted by atomic mass is 10.0. The van der Waals surface area contributed by atoms with Crippen molar-refractivity contribution < 1.29 is 14.3 Å². The molecule has 0 N–H and O–H groups in total. The van der Waals surface area contributed by atoms with Crippen molar-refractivity contribution in [3.05, 3.63) is 23.3 Å². The topological polar surface area (TPSA) is 38.8 Å². The van der Waals surface area contributed by atoms with Gasteiger partial charge in [0.15, 0.2) is 0 Å². The van der Waals surface area contributed by atoms with Crippen molar-refractivity contribution in [2.45, 2.75) is 18.9 Å². The van der Waals surface area contributed by atoms with Crippen molar-refractivity contribution in [1.82, 2.24) is 4.90 Å². The van der Waals surface area contributed by atoms with Crippen molar-refractivity contribution in [1.29, 1.82) is 0 Å². The van der Waals surface area contributed by atoms with E-state index in [4.69, 9.17) is 9.47 Å². The molecule has 2 aliphatic heterocycles. The Kier molecular flexibility index (Phi) is 2.24. The fourth-order valence-electron chi connectivity index (χ4n) is 2.87. The van der Waals surface area contributed by atoms with Crippen LogP contribution >= 0.6 is 0 Å². The molecule has 1 fully saturated rings. The van der Waals surface area contributed by atoms with Crippen LogP contribution in [0.25, 0.3) is 0 Å². The number of methoxy groups -OCH3 is 2. The van der Waals surface area contributed by atoms with E-state index in [0.717, 1.165) is 36.3 Å². The van der Waals surface area contributed by atoms with Crippen LogP contribution in [0.4, 0.5) is 0 Å². The molecular weight excluding hydrogens is 218 g/mol. The van der Waals surface area contributed by atoms with Gasteiger partial charge in [0.2, 0.25) is 0 Å². The third-order valence-electron chi connectivity index (χ3n) is 3.65. The quantitative estimate of drug-likeness (QED) is 0.784. The van der Waals surface area contributed by atoms with Crippen LogP contribution in [0, 0.1) is 0 Å². The van der Waals surface area contributed by atoms with Gasteiger partial charge in [0.05, 0.1) is 25.8 Å². The summed E-state index contributed by atoms with van der Waals surface area (Å²) in [4.78, 5) is 14.2. The fraction of sp³-hybridized carbons (Fsp3) is 0.462.